The third-order valence-corrected chi connectivity index (χ3v) is 5.86. The molecule has 0 spiro atoms. The van der Waals surface area contributed by atoms with Gasteiger partial charge in [-0.1, -0.05) is 90.1 Å². The van der Waals surface area contributed by atoms with E-state index >= 15 is 0 Å². The van der Waals surface area contributed by atoms with Crippen molar-refractivity contribution < 1.29 is 4.74 Å². The van der Waals surface area contributed by atoms with E-state index in [-0.39, 0.29) is 6.10 Å². The van der Waals surface area contributed by atoms with Crippen LogP contribution in [0.1, 0.15) is 29.2 Å². The normalized spacial score (nSPS) is 17.3. The monoisotopic (exact) mass is 358 g/mol. The van der Waals surface area contributed by atoms with Gasteiger partial charge in [-0.3, -0.25) is 0 Å². The lowest BCUT2D eigenvalue weighted by atomic mass is 9.98. The molecular weight excluding hydrogens is 336 g/mol. The lowest BCUT2D eigenvalue weighted by molar-refractivity contribution is 0.0718. The fraction of sp³-hybridized carbons (Fsp3) is 0.167. The maximum Gasteiger partial charge on any atom is 0.0875 e. The molecule has 0 N–H and O–H groups in total. The minimum absolute atomic E-state index is 0.120. The number of aryl methyl sites for hydroxylation is 1. The predicted octanol–water partition coefficient (Wildman–Crippen LogP) is 6.66. The van der Waals surface area contributed by atoms with Gasteiger partial charge >= 0.3 is 0 Å². The van der Waals surface area contributed by atoms with Crippen LogP contribution in [0.4, 0.5) is 0 Å². The number of thioether (sulfide) groups is 1. The van der Waals surface area contributed by atoms with E-state index in [0.717, 1.165) is 6.42 Å². The summed E-state index contributed by atoms with van der Waals surface area (Å²) in [6.07, 6.45) is 1.03. The first-order chi connectivity index (χ1) is 12.8. The molecule has 26 heavy (non-hydrogen) atoms. The number of ether oxygens (including phenoxy) is 1. The Morgan fingerprint density at radius 3 is 2.15 bits per heavy atom. The molecule has 0 aliphatic carbocycles. The highest BCUT2D eigenvalue weighted by molar-refractivity contribution is 8.03. The second-order valence-electron chi connectivity index (χ2n) is 6.60. The van der Waals surface area contributed by atoms with Gasteiger partial charge in [0.1, 0.15) is 0 Å². The fourth-order valence-electron chi connectivity index (χ4n) is 3.23. The van der Waals surface area contributed by atoms with Crippen molar-refractivity contribution in [2.24, 2.45) is 0 Å². The molecular formula is C24H22OS. The Balaban J connectivity index is 1.67. The van der Waals surface area contributed by atoms with Gasteiger partial charge in [-0.05, 0) is 40.7 Å². The molecule has 1 unspecified atom stereocenters. The standard InChI is InChI=1S/C24H22OS/c1-18-12-14-20(15-13-18)23-16-24(26-21-10-6-3-7-11-21)22(17-25-23)19-8-4-2-5-9-19/h2-15,23H,16-17H2,1H3. The van der Waals surface area contributed by atoms with E-state index < -0.39 is 0 Å². The first-order valence-electron chi connectivity index (χ1n) is 8.98. The van der Waals surface area contributed by atoms with Crippen LogP contribution < -0.4 is 0 Å². The molecule has 1 atom stereocenters. The van der Waals surface area contributed by atoms with Crippen molar-refractivity contribution in [2.45, 2.75) is 24.3 Å². The topological polar surface area (TPSA) is 9.23 Å². The lowest BCUT2D eigenvalue weighted by Crippen LogP contribution is -2.14. The quantitative estimate of drug-likeness (QED) is 0.516. The summed E-state index contributed by atoms with van der Waals surface area (Å²) in [6.45, 7) is 2.77. The zero-order chi connectivity index (χ0) is 17.8. The Labute approximate surface area is 159 Å². The first-order valence-corrected chi connectivity index (χ1v) is 9.80. The Morgan fingerprint density at radius 1 is 0.808 bits per heavy atom. The van der Waals surface area contributed by atoms with Crippen LogP contribution in [0.3, 0.4) is 0 Å². The fourth-order valence-corrected chi connectivity index (χ4v) is 4.34. The van der Waals surface area contributed by atoms with Crippen molar-refractivity contribution in [3.05, 3.63) is 107 Å². The van der Waals surface area contributed by atoms with Crippen LogP contribution in [0.25, 0.3) is 5.57 Å². The van der Waals surface area contributed by atoms with Crippen molar-refractivity contribution in [1.29, 1.82) is 0 Å². The predicted molar refractivity (Wildman–Crippen MR) is 110 cm³/mol. The Morgan fingerprint density at radius 2 is 1.46 bits per heavy atom. The largest absolute Gasteiger partial charge is 0.368 e. The van der Waals surface area contributed by atoms with Crippen molar-refractivity contribution in [2.75, 3.05) is 6.61 Å². The minimum Gasteiger partial charge on any atom is -0.368 e. The summed E-state index contributed by atoms with van der Waals surface area (Å²) in [6, 6.07) is 29.9. The summed E-state index contributed by atoms with van der Waals surface area (Å²) >= 11 is 1.87. The van der Waals surface area contributed by atoms with Crippen LogP contribution in [0.15, 0.2) is 94.7 Å². The van der Waals surface area contributed by atoms with E-state index in [4.69, 9.17) is 4.74 Å². The van der Waals surface area contributed by atoms with Crippen molar-refractivity contribution in [3.63, 3.8) is 0 Å². The SMILES string of the molecule is Cc1ccc(C2CC(Sc3ccccc3)=C(c3ccccc3)CO2)cc1. The highest BCUT2D eigenvalue weighted by Crippen LogP contribution is 2.43. The number of benzene rings is 3. The van der Waals surface area contributed by atoms with E-state index in [9.17, 15) is 0 Å². The zero-order valence-electron chi connectivity index (χ0n) is 14.9. The Bertz CT molecular complexity index is 883. The lowest BCUT2D eigenvalue weighted by Gasteiger charge is -2.28. The van der Waals surface area contributed by atoms with E-state index in [1.807, 2.05) is 11.8 Å². The molecule has 1 aliphatic heterocycles. The summed E-state index contributed by atoms with van der Waals surface area (Å²) in [7, 11) is 0. The molecule has 1 aliphatic rings. The van der Waals surface area contributed by atoms with Crippen LogP contribution in [-0.4, -0.2) is 6.61 Å². The Hall–Kier alpha value is -2.29. The van der Waals surface area contributed by atoms with Gasteiger partial charge < -0.3 is 4.74 Å². The van der Waals surface area contributed by atoms with Gasteiger partial charge in [0, 0.05) is 11.3 Å². The molecule has 0 amide bonds. The first kappa shape index (κ1) is 17.1. The molecule has 0 saturated heterocycles. The molecule has 1 heterocycles. The van der Waals surface area contributed by atoms with Crippen LogP contribution in [-0.2, 0) is 4.74 Å². The average molecular weight is 359 g/mol. The molecule has 2 heteroatoms. The van der Waals surface area contributed by atoms with Gasteiger partial charge in [0.05, 0.1) is 12.7 Å². The van der Waals surface area contributed by atoms with Crippen LogP contribution in [0.5, 0.6) is 0 Å². The van der Waals surface area contributed by atoms with E-state index in [2.05, 4.69) is 91.9 Å². The molecule has 3 aromatic carbocycles. The summed E-state index contributed by atoms with van der Waals surface area (Å²) in [4.78, 5) is 2.68. The smallest absolute Gasteiger partial charge is 0.0875 e. The number of rotatable bonds is 4. The minimum atomic E-state index is 0.120. The third kappa shape index (κ3) is 3.92. The van der Waals surface area contributed by atoms with Gasteiger partial charge in [-0.25, -0.2) is 0 Å². The second kappa shape index (κ2) is 7.94. The average Bonchev–Trinajstić information content (AvgIpc) is 2.70. The van der Waals surface area contributed by atoms with Gasteiger partial charge in [-0.15, -0.1) is 0 Å². The molecule has 0 radical (unpaired) electrons. The molecule has 4 rings (SSSR count). The highest BCUT2D eigenvalue weighted by atomic mass is 32.2. The molecule has 0 saturated carbocycles. The van der Waals surface area contributed by atoms with Gasteiger partial charge in [0.2, 0.25) is 0 Å². The molecule has 3 aromatic rings. The van der Waals surface area contributed by atoms with Crippen LogP contribution in [0.2, 0.25) is 0 Å². The summed E-state index contributed by atoms with van der Waals surface area (Å²) in [5.41, 5.74) is 5.11. The van der Waals surface area contributed by atoms with Crippen molar-refractivity contribution in [3.8, 4) is 0 Å². The summed E-state index contributed by atoms with van der Waals surface area (Å²) < 4.78 is 6.27. The molecule has 0 fully saturated rings. The maximum atomic E-state index is 6.27. The molecule has 0 bridgehead atoms. The van der Waals surface area contributed by atoms with Crippen LogP contribution in [0, 0.1) is 6.92 Å². The summed E-state index contributed by atoms with van der Waals surface area (Å²) in [5, 5.41) is 0. The second-order valence-corrected chi connectivity index (χ2v) is 7.77. The number of hydrogen-bond donors (Lipinski definition) is 0. The Kier molecular flexibility index (Phi) is 5.24. The third-order valence-electron chi connectivity index (χ3n) is 4.69. The summed E-state index contributed by atoms with van der Waals surface area (Å²) in [5.74, 6) is 0. The zero-order valence-corrected chi connectivity index (χ0v) is 15.7. The van der Waals surface area contributed by atoms with Crippen LogP contribution >= 0.6 is 11.8 Å². The van der Waals surface area contributed by atoms with E-state index in [1.54, 1.807) is 0 Å². The van der Waals surface area contributed by atoms with Crippen molar-refractivity contribution in [1.82, 2.24) is 0 Å². The molecule has 0 aromatic heterocycles. The van der Waals surface area contributed by atoms with E-state index in [0.29, 0.717) is 6.61 Å². The molecule has 130 valence electrons. The van der Waals surface area contributed by atoms with Crippen molar-refractivity contribution >= 4 is 17.3 Å². The molecule has 1 nitrogen and oxygen atoms in total. The maximum absolute atomic E-state index is 6.27. The number of hydrogen-bond acceptors (Lipinski definition) is 2. The van der Waals surface area contributed by atoms with Gasteiger partial charge in [0.15, 0.2) is 0 Å². The van der Waals surface area contributed by atoms with Gasteiger partial charge in [-0.2, -0.15) is 0 Å². The van der Waals surface area contributed by atoms with Gasteiger partial charge in [0.25, 0.3) is 0 Å². The van der Waals surface area contributed by atoms with E-state index in [1.165, 1.54) is 32.1 Å². The highest BCUT2D eigenvalue weighted by Gasteiger charge is 2.24.